The van der Waals surface area contributed by atoms with Gasteiger partial charge in [0.05, 0.1) is 6.54 Å². The number of primary amides is 1. The molecule has 0 aromatic heterocycles. The van der Waals surface area contributed by atoms with Crippen LogP contribution in [0.2, 0.25) is 0 Å². The lowest BCUT2D eigenvalue weighted by molar-refractivity contribution is -0.144. The highest BCUT2D eigenvalue weighted by Gasteiger charge is 2.42. The molecule has 0 bridgehead atoms. The van der Waals surface area contributed by atoms with E-state index in [2.05, 4.69) is 0 Å². The molecule has 1 aromatic carbocycles. The van der Waals surface area contributed by atoms with Crippen molar-refractivity contribution in [2.75, 3.05) is 18.0 Å². The van der Waals surface area contributed by atoms with Gasteiger partial charge in [0.15, 0.2) is 0 Å². The maximum absolute atomic E-state index is 13.1. The number of hydrogen-bond acceptors (Lipinski definition) is 3. The third-order valence-electron chi connectivity index (χ3n) is 5.02. The Bertz CT molecular complexity index is 671. The molecular formula is C18H22FN3O3. The van der Waals surface area contributed by atoms with E-state index in [9.17, 15) is 18.8 Å². The Kier molecular flexibility index (Phi) is 5.01. The van der Waals surface area contributed by atoms with Crippen molar-refractivity contribution in [3.05, 3.63) is 30.1 Å². The van der Waals surface area contributed by atoms with Crippen molar-refractivity contribution >= 4 is 23.4 Å². The van der Waals surface area contributed by atoms with Crippen molar-refractivity contribution in [1.82, 2.24) is 4.90 Å². The van der Waals surface area contributed by atoms with E-state index < -0.39 is 11.8 Å². The lowest BCUT2D eigenvalue weighted by Gasteiger charge is -2.29. The van der Waals surface area contributed by atoms with E-state index in [4.69, 9.17) is 5.73 Å². The average Bonchev–Trinajstić information content (AvgIpc) is 3.23. The Labute approximate surface area is 145 Å². The van der Waals surface area contributed by atoms with Crippen LogP contribution in [0.4, 0.5) is 10.1 Å². The predicted molar refractivity (Wildman–Crippen MR) is 90.0 cm³/mol. The second-order valence-electron chi connectivity index (χ2n) is 6.68. The molecule has 3 amide bonds. The lowest BCUT2D eigenvalue weighted by atomic mass is 10.0. The molecule has 1 saturated carbocycles. The summed E-state index contributed by atoms with van der Waals surface area (Å²) < 4.78 is 13.1. The van der Waals surface area contributed by atoms with Gasteiger partial charge in [0, 0.05) is 18.3 Å². The number of hydrogen-bond donors (Lipinski definition) is 1. The molecule has 2 fully saturated rings. The number of amides is 3. The first kappa shape index (κ1) is 17.4. The van der Waals surface area contributed by atoms with Gasteiger partial charge in [0.2, 0.25) is 17.7 Å². The van der Waals surface area contributed by atoms with Gasteiger partial charge < -0.3 is 15.5 Å². The number of carbonyl (C=O) groups is 3. The summed E-state index contributed by atoms with van der Waals surface area (Å²) in [6, 6.07) is 5.61. The smallest absolute Gasteiger partial charge is 0.239 e. The molecule has 134 valence electrons. The standard InChI is InChI=1S/C18H22FN3O3/c19-12-5-7-14(8-6-12)21-10-9-15(17(21)24)18(25)22(11-16(20)23)13-3-1-2-4-13/h5-8,13,15H,1-4,9-11H2,(H2,20,23). The van der Waals surface area contributed by atoms with Crippen molar-refractivity contribution in [1.29, 1.82) is 0 Å². The van der Waals surface area contributed by atoms with E-state index in [1.54, 1.807) is 0 Å². The molecule has 2 N–H and O–H groups in total. The SMILES string of the molecule is NC(=O)CN(C(=O)C1CCN(c2ccc(F)cc2)C1=O)C1CCCC1. The summed E-state index contributed by atoms with van der Waals surface area (Å²) in [6.45, 7) is 0.250. The summed E-state index contributed by atoms with van der Waals surface area (Å²) >= 11 is 0. The van der Waals surface area contributed by atoms with Crippen LogP contribution >= 0.6 is 0 Å². The van der Waals surface area contributed by atoms with Gasteiger partial charge >= 0.3 is 0 Å². The van der Waals surface area contributed by atoms with Crippen LogP contribution in [0.3, 0.4) is 0 Å². The molecule has 1 atom stereocenters. The Hall–Kier alpha value is -2.44. The molecule has 7 heteroatoms. The zero-order chi connectivity index (χ0) is 18.0. The lowest BCUT2D eigenvalue weighted by Crippen LogP contribution is -2.48. The predicted octanol–water partition coefficient (Wildman–Crippen LogP) is 1.44. The molecule has 3 rings (SSSR count). The monoisotopic (exact) mass is 347 g/mol. The van der Waals surface area contributed by atoms with Crippen LogP contribution in [0.25, 0.3) is 0 Å². The Balaban J connectivity index is 1.75. The molecule has 1 aliphatic heterocycles. The van der Waals surface area contributed by atoms with E-state index in [-0.39, 0.29) is 30.2 Å². The van der Waals surface area contributed by atoms with Crippen LogP contribution in [0.15, 0.2) is 24.3 Å². The summed E-state index contributed by atoms with van der Waals surface area (Å²) in [5.41, 5.74) is 5.87. The zero-order valence-electron chi connectivity index (χ0n) is 14.0. The largest absolute Gasteiger partial charge is 0.368 e. The van der Waals surface area contributed by atoms with Gasteiger partial charge in [-0.05, 0) is 43.5 Å². The molecule has 1 heterocycles. The molecule has 1 saturated heterocycles. The van der Waals surface area contributed by atoms with Crippen molar-refractivity contribution in [3.63, 3.8) is 0 Å². The van der Waals surface area contributed by atoms with Crippen molar-refractivity contribution in [2.24, 2.45) is 11.7 Å². The number of halogens is 1. The average molecular weight is 347 g/mol. The topological polar surface area (TPSA) is 83.7 Å². The molecule has 1 aliphatic carbocycles. The summed E-state index contributed by atoms with van der Waals surface area (Å²) in [5.74, 6) is -2.37. The van der Waals surface area contributed by atoms with Crippen LogP contribution in [-0.4, -0.2) is 41.8 Å². The number of nitrogens with two attached hydrogens (primary N) is 1. The molecule has 25 heavy (non-hydrogen) atoms. The molecule has 1 aromatic rings. The van der Waals surface area contributed by atoms with Crippen LogP contribution in [0, 0.1) is 11.7 Å². The van der Waals surface area contributed by atoms with Gasteiger partial charge in [0.1, 0.15) is 11.7 Å². The fourth-order valence-corrected chi connectivity index (χ4v) is 3.76. The maximum Gasteiger partial charge on any atom is 0.239 e. The van der Waals surface area contributed by atoms with E-state index in [1.807, 2.05) is 0 Å². The number of rotatable bonds is 5. The molecule has 1 unspecified atom stereocenters. The molecule has 2 aliphatic rings. The Morgan fingerprint density at radius 3 is 2.40 bits per heavy atom. The minimum Gasteiger partial charge on any atom is -0.368 e. The van der Waals surface area contributed by atoms with Gasteiger partial charge in [-0.25, -0.2) is 4.39 Å². The van der Waals surface area contributed by atoms with E-state index in [1.165, 1.54) is 34.1 Å². The van der Waals surface area contributed by atoms with Crippen LogP contribution in [0.5, 0.6) is 0 Å². The van der Waals surface area contributed by atoms with Crippen molar-refractivity contribution in [2.45, 2.75) is 38.1 Å². The summed E-state index contributed by atoms with van der Waals surface area (Å²) in [4.78, 5) is 40.0. The summed E-state index contributed by atoms with van der Waals surface area (Å²) in [7, 11) is 0. The first-order valence-electron chi connectivity index (χ1n) is 8.63. The highest BCUT2D eigenvalue weighted by Crippen LogP contribution is 2.30. The quantitative estimate of drug-likeness (QED) is 0.818. The Morgan fingerprint density at radius 2 is 1.80 bits per heavy atom. The van der Waals surface area contributed by atoms with Gasteiger partial charge in [-0.15, -0.1) is 0 Å². The van der Waals surface area contributed by atoms with E-state index in [0.29, 0.717) is 18.7 Å². The second kappa shape index (κ2) is 7.21. The minimum absolute atomic E-state index is 0.0207. The fourth-order valence-electron chi connectivity index (χ4n) is 3.76. The first-order chi connectivity index (χ1) is 12.0. The van der Waals surface area contributed by atoms with Crippen LogP contribution < -0.4 is 10.6 Å². The summed E-state index contributed by atoms with van der Waals surface area (Å²) in [5, 5.41) is 0. The Morgan fingerprint density at radius 1 is 1.16 bits per heavy atom. The number of anilines is 1. The number of nitrogens with zero attached hydrogens (tertiary/aromatic N) is 2. The summed E-state index contributed by atoms with van der Waals surface area (Å²) in [6.07, 6.45) is 4.07. The van der Waals surface area contributed by atoms with Gasteiger partial charge in [0.25, 0.3) is 0 Å². The molecule has 6 nitrogen and oxygen atoms in total. The van der Waals surface area contributed by atoms with E-state index >= 15 is 0 Å². The second-order valence-corrected chi connectivity index (χ2v) is 6.68. The fraction of sp³-hybridized carbons (Fsp3) is 0.500. The van der Waals surface area contributed by atoms with Crippen LogP contribution in [0.1, 0.15) is 32.1 Å². The van der Waals surface area contributed by atoms with Crippen LogP contribution in [-0.2, 0) is 14.4 Å². The van der Waals surface area contributed by atoms with Gasteiger partial charge in [-0.3, -0.25) is 14.4 Å². The number of benzene rings is 1. The highest BCUT2D eigenvalue weighted by atomic mass is 19.1. The van der Waals surface area contributed by atoms with E-state index in [0.717, 1.165) is 25.7 Å². The normalized spacial score (nSPS) is 20.9. The molecule has 0 spiro atoms. The third kappa shape index (κ3) is 3.65. The van der Waals surface area contributed by atoms with Crippen molar-refractivity contribution < 1.29 is 18.8 Å². The maximum atomic E-state index is 13.1. The minimum atomic E-state index is -0.801. The van der Waals surface area contributed by atoms with Crippen molar-refractivity contribution in [3.8, 4) is 0 Å². The highest BCUT2D eigenvalue weighted by molar-refractivity contribution is 6.10. The zero-order valence-corrected chi connectivity index (χ0v) is 14.0. The van der Waals surface area contributed by atoms with Gasteiger partial charge in [-0.1, -0.05) is 12.8 Å². The van der Waals surface area contributed by atoms with Gasteiger partial charge in [-0.2, -0.15) is 0 Å². The first-order valence-corrected chi connectivity index (χ1v) is 8.63. The third-order valence-corrected chi connectivity index (χ3v) is 5.02. The molecular weight excluding hydrogens is 325 g/mol. The number of carbonyl (C=O) groups excluding carboxylic acids is 3. The molecule has 0 radical (unpaired) electrons.